The normalized spacial score (nSPS) is 23.9. The van der Waals surface area contributed by atoms with Crippen LogP contribution in [0.15, 0.2) is 24.3 Å². The minimum atomic E-state index is -0.315. The second-order valence-corrected chi connectivity index (χ2v) is 6.63. The number of benzene rings is 1. The van der Waals surface area contributed by atoms with Crippen molar-refractivity contribution in [1.82, 2.24) is 4.90 Å². The van der Waals surface area contributed by atoms with Crippen molar-refractivity contribution in [2.24, 2.45) is 5.41 Å². The average molecular weight is 305 g/mol. The zero-order chi connectivity index (χ0) is 15.6. The van der Waals surface area contributed by atoms with Crippen LogP contribution in [0.4, 0.5) is 4.39 Å². The van der Waals surface area contributed by atoms with E-state index in [1.165, 1.54) is 12.1 Å². The summed E-state index contributed by atoms with van der Waals surface area (Å²) in [4.78, 5) is 15.1. The van der Waals surface area contributed by atoms with Gasteiger partial charge in [0.05, 0.1) is 18.1 Å². The van der Waals surface area contributed by atoms with E-state index < -0.39 is 0 Å². The summed E-state index contributed by atoms with van der Waals surface area (Å²) in [6, 6.07) is 6.68. The van der Waals surface area contributed by atoms with Crippen molar-refractivity contribution >= 4 is 5.91 Å². The molecular weight excluding hydrogens is 281 g/mol. The number of rotatable bonds is 4. The van der Waals surface area contributed by atoms with Gasteiger partial charge in [0, 0.05) is 13.7 Å². The summed E-state index contributed by atoms with van der Waals surface area (Å²) < 4.78 is 18.5. The Kier molecular flexibility index (Phi) is 4.48. The van der Waals surface area contributed by atoms with Crippen LogP contribution in [-0.2, 0) is 9.53 Å². The van der Waals surface area contributed by atoms with Gasteiger partial charge in [-0.25, -0.2) is 4.39 Å². The molecule has 1 aliphatic heterocycles. The van der Waals surface area contributed by atoms with Crippen molar-refractivity contribution < 1.29 is 13.9 Å². The Balaban J connectivity index is 1.83. The van der Waals surface area contributed by atoms with Crippen LogP contribution in [0.5, 0.6) is 0 Å². The van der Waals surface area contributed by atoms with Crippen molar-refractivity contribution in [3.8, 4) is 0 Å². The Morgan fingerprint density at radius 2 is 2.00 bits per heavy atom. The Morgan fingerprint density at radius 3 is 2.59 bits per heavy atom. The van der Waals surface area contributed by atoms with Gasteiger partial charge < -0.3 is 9.64 Å². The predicted molar refractivity (Wildman–Crippen MR) is 82.9 cm³/mol. The Morgan fingerprint density at radius 1 is 1.27 bits per heavy atom. The van der Waals surface area contributed by atoms with Gasteiger partial charge in [-0.1, -0.05) is 18.6 Å². The maximum atomic E-state index is 13.2. The molecule has 2 aliphatic rings. The fourth-order valence-electron chi connectivity index (χ4n) is 3.81. The summed E-state index contributed by atoms with van der Waals surface area (Å²) in [5.41, 5.74) is 0.728. The van der Waals surface area contributed by atoms with Crippen molar-refractivity contribution in [3.05, 3.63) is 35.6 Å². The molecule has 1 aromatic rings. The van der Waals surface area contributed by atoms with Crippen LogP contribution < -0.4 is 0 Å². The van der Waals surface area contributed by atoms with Gasteiger partial charge in [-0.3, -0.25) is 4.79 Å². The molecule has 1 saturated heterocycles. The number of piperidine rings is 1. The molecule has 1 amide bonds. The van der Waals surface area contributed by atoms with Gasteiger partial charge in [0.2, 0.25) is 5.91 Å². The quantitative estimate of drug-likeness (QED) is 0.849. The molecule has 3 nitrogen and oxygen atoms in total. The third kappa shape index (κ3) is 2.76. The van der Waals surface area contributed by atoms with E-state index in [1.54, 1.807) is 7.11 Å². The van der Waals surface area contributed by atoms with Crippen molar-refractivity contribution in [2.45, 2.75) is 44.6 Å². The van der Waals surface area contributed by atoms with E-state index in [0.29, 0.717) is 6.61 Å². The van der Waals surface area contributed by atoms with Crippen LogP contribution in [0.1, 0.15) is 50.1 Å². The summed E-state index contributed by atoms with van der Waals surface area (Å²) in [5, 5.41) is 0. The van der Waals surface area contributed by atoms with Gasteiger partial charge in [0.1, 0.15) is 5.82 Å². The summed E-state index contributed by atoms with van der Waals surface area (Å²) in [6.07, 6.45) is 6.07. The topological polar surface area (TPSA) is 29.5 Å². The molecule has 3 rings (SSSR count). The molecule has 0 bridgehead atoms. The Labute approximate surface area is 131 Å². The van der Waals surface area contributed by atoms with Crippen LogP contribution >= 0.6 is 0 Å². The molecule has 22 heavy (non-hydrogen) atoms. The number of hydrogen-bond acceptors (Lipinski definition) is 2. The second kappa shape index (κ2) is 6.37. The number of halogens is 1. The lowest BCUT2D eigenvalue weighted by Crippen LogP contribution is -2.52. The summed E-state index contributed by atoms with van der Waals surface area (Å²) in [5.74, 6) is 0.00177. The lowest BCUT2D eigenvalue weighted by Gasteiger charge is -2.46. The first-order valence-electron chi connectivity index (χ1n) is 8.22. The average Bonchev–Trinajstić information content (AvgIpc) is 2.51. The van der Waals surface area contributed by atoms with E-state index in [-0.39, 0.29) is 23.2 Å². The minimum Gasteiger partial charge on any atom is -0.384 e. The highest BCUT2D eigenvalue weighted by Crippen LogP contribution is 2.45. The first-order valence-corrected chi connectivity index (χ1v) is 8.22. The largest absolute Gasteiger partial charge is 0.384 e. The van der Waals surface area contributed by atoms with Gasteiger partial charge >= 0.3 is 0 Å². The van der Waals surface area contributed by atoms with Crippen LogP contribution in [0.3, 0.4) is 0 Å². The van der Waals surface area contributed by atoms with E-state index in [2.05, 4.69) is 0 Å². The second-order valence-electron chi connectivity index (χ2n) is 6.63. The predicted octanol–water partition coefficient (Wildman–Crippen LogP) is 3.70. The number of methoxy groups -OCH3 is 1. The Hall–Kier alpha value is -1.42. The molecule has 1 aliphatic carbocycles. The molecule has 120 valence electrons. The summed E-state index contributed by atoms with van der Waals surface area (Å²) in [7, 11) is 1.67. The Bertz CT molecular complexity index is 524. The molecule has 4 heteroatoms. The van der Waals surface area contributed by atoms with E-state index in [9.17, 15) is 9.18 Å². The van der Waals surface area contributed by atoms with Crippen LogP contribution in [-0.4, -0.2) is 31.1 Å². The molecule has 0 spiro atoms. The van der Waals surface area contributed by atoms with E-state index >= 15 is 0 Å². The van der Waals surface area contributed by atoms with Gasteiger partial charge in [-0.15, -0.1) is 0 Å². The molecule has 2 fully saturated rings. The maximum absolute atomic E-state index is 13.2. The molecule has 0 unspecified atom stereocenters. The third-order valence-corrected chi connectivity index (χ3v) is 5.20. The molecule has 1 atom stereocenters. The number of hydrogen-bond donors (Lipinski definition) is 0. The smallest absolute Gasteiger partial charge is 0.231 e. The van der Waals surface area contributed by atoms with Crippen LogP contribution in [0, 0.1) is 11.2 Å². The van der Waals surface area contributed by atoms with E-state index in [0.717, 1.165) is 50.6 Å². The first-order chi connectivity index (χ1) is 10.7. The minimum absolute atomic E-state index is 0.0798. The highest BCUT2D eigenvalue weighted by molar-refractivity contribution is 5.84. The van der Waals surface area contributed by atoms with Gasteiger partial charge in [0.25, 0.3) is 0 Å². The first kappa shape index (κ1) is 15.5. The molecule has 1 saturated carbocycles. The zero-order valence-corrected chi connectivity index (χ0v) is 13.2. The monoisotopic (exact) mass is 305 g/mol. The molecule has 0 aromatic heterocycles. The molecule has 0 N–H and O–H groups in total. The lowest BCUT2D eigenvalue weighted by molar-refractivity contribution is -0.156. The number of ether oxygens (including phenoxy) is 1. The van der Waals surface area contributed by atoms with Crippen molar-refractivity contribution in [1.29, 1.82) is 0 Å². The van der Waals surface area contributed by atoms with Crippen molar-refractivity contribution in [3.63, 3.8) is 0 Å². The number of carbonyl (C=O) groups is 1. The summed E-state index contributed by atoms with van der Waals surface area (Å²) in [6.45, 7) is 1.31. The van der Waals surface area contributed by atoms with Gasteiger partial charge in [-0.2, -0.15) is 0 Å². The lowest BCUT2D eigenvalue weighted by atomic mass is 9.68. The van der Waals surface area contributed by atoms with E-state index in [1.807, 2.05) is 17.0 Å². The molecular formula is C18H24FNO2. The maximum Gasteiger partial charge on any atom is 0.231 e. The highest BCUT2D eigenvalue weighted by atomic mass is 19.1. The highest BCUT2D eigenvalue weighted by Gasteiger charge is 2.48. The van der Waals surface area contributed by atoms with Crippen LogP contribution in [0.25, 0.3) is 0 Å². The fraction of sp³-hybridized carbons (Fsp3) is 0.611. The fourth-order valence-corrected chi connectivity index (χ4v) is 3.81. The van der Waals surface area contributed by atoms with Gasteiger partial charge in [-0.05, 0) is 49.8 Å². The van der Waals surface area contributed by atoms with Gasteiger partial charge in [0.15, 0.2) is 0 Å². The number of amides is 1. The SMILES string of the molecule is COCC1(C(=O)N2CCCC[C@H]2c2ccc(F)cc2)CCC1. The molecule has 0 radical (unpaired) electrons. The standard InChI is InChI=1S/C18H24FNO2/c1-22-13-18(10-4-11-18)17(21)20-12-3-2-5-16(20)14-6-8-15(19)9-7-14/h6-9,16H,2-5,10-13H2,1H3/t16-/m0/s1. The zero-order valence-electron chi connectivity index (χ0n) is 13.2. The number of carbonyl (C=O) groups excluding carboxylic acids is 1. The van der Waals surface area contributed by atoms with Crippen molar-refractivity contribution in [2.75, 3.05) is 20.3 Å². The van der Waals surface area contributed by atoms with E-state index in [4.69, 9.17) is 4.74 Å². The number of likely N-dealkylation sites (tertiary alicyclic amines) is 1. The molecule has 1 heterocycles. The number of nitrogens with zero attached hydrogens (tertiary/aromatic N) is 1. The molecule has 1 aromatic carbocycles. The van der Waals surface area contributed by atoms with Crippen LogP contribution in [0.2, 0.25) is 0 Å². The summed E-state index contributed by atoms with van der Waals surface area (Å²) >= 11 is 0. The third-order valence-electron chi connectivity index (χ3n) is 5.20.